The normalized spacial score (nSPS) is 5.00. The van der Waals surface area contributed by atoms with Crippen molar-refractivity contribution in [2.45, 2.75) is 0 Å². The molecule has 0 rings (SSSR count). The van der Waals surface area contributed by atoms with Crippen LogP contribution in [0.3, 0.4) is 0 Å². The first kappa shape index (κ1) is 9.93. The van der Waals surface area contributed by atoms with E-state index in [0.29, 0.717) is 0 Å². The molecule has 0 aliphatic rings. The van der Waals surface area contributed by atoms with Gasteiger partial charge in [-0.15, -0.1) is 0 Å². The van der Waals surface area contributed by atoms with Crippen LogP contribution < -0.4 is 0 Å². The topological polar surface area (TPSA) is 0 Å². The Kier molecular flexibility index (Phi) is 9.61. The fraction of sp³-hybridized carbons (Fsp3) is 0. The summed E-state index contributed by atoms with van der Waals surface area (Å²) >= 11 is 1.48. The van der Waals surface area contributed by atoms with Crippen molar-refractivity contribution in [1.82, 2.24) is 0 Å². The van der Waals surface area contributed by atoms with Crippen LogP contribution >= 0.6 is 22.6 Å². The van der Waals surface area contributed by atoms with Gasteiger partial charge in [0, 0.05) is 42.1 Å². The van der Waals surface area contributed by atoms with Gasteiger partial charge in [0.2, 0.25) is 3.83 Å². The average Bonchev–Trinajstić information content (AvgIpc) is 1.38. The summed E-state index contributed by atoms with van der Waals surface area (Å²) in [6, 6.07) is 0. The molecule has 0 N–H and O–H groups in total. The van der Waals surface area contributed by atoms with Crippen LogP contribution in [0.2, 0.25) is 0 Å². The molecular formula is C3H2FIZn. The fourth-order valence-electron chi connectivity index (χ4n) is 0. The first-order valence-corrected chi connectivity index (χ1v) is 2.06. The zero-order valence-corrected chi connectivity index (χ0v) is 8.29. The van der Waals surface area contributed by atoms with Crippen LogP contribution in [-0.4, -0.2) is 0 Å². The fourth-order valence-corrected chi connectivity index (χ4v) is 0. The molecule has 0 aromatic rings. The van der Waals surface area contributed by atoms with Crippen molar-refractivity contribution < 1.29 is 23.9 Å². The molecule has 0 spiro atoms. The Morgan fingerprint density at radius 3 is 2.00 bits per heavy atom. The molecule has 0 aliphatic carbocycles. The molecule has 30 valence electrons. The van der Waals surface area contributed by atoms with Gasteiger partial charge in [0.25, 0.3) is 0 Å². The quantitative estimate of drug-likeness (QED) is 0.350. The van der Waals surface area contributed by atoms with Crippen molar-refractivity contribution in [1.29, 1.82) is 0 Å². The molecule has 0 saturated carbocycles. The van der Waals surface area contributed by atoms with Crippen molar-refractivity contribution in [2.24, 2.45) is 0 Å². The van der Waals surface area contributed by atoms with Gasteiger partial charge in [0.15, 0.2) is 0 Å². The minimum Gasteiger partial charge on any atom is -0.191 e. The van der Waals surface area contributed by atoms with Crippen LogP contribution in [0.5, 0.6) is 0 Å². The van der Waals surface area contributed by atoms with E-state index < -0.39 is 0 Å². The summed E-state index contributed by atoms with van der Waals surface area (Å²) in [4.78, 5) is 0. The maximum absolute atomic E-state index is 11.2. The monoisotopic (exact) mass is 248 g/mol. The molecular weight excluding hydrogens is 247 g/mol. The van der Waals surface area contributed by atoms with E-state index in [1.54, 1.807) is 0 Å². The number of hydrogen-bond donors (Lipinski definition) is 0. The van der Waals surface area contributed by atoms with Gasteiger partial charge in [-0.05, 0) is 0 Å². The standard InChI is InChI=1S/C3H2FI.Zn/c1-2-3(4)5;/h1H2;. The molecule has 0 heterocycles. The van der Waals surface area contributed by atoms with Gasteiger partial charge in [0.05, 0.1) is 0 Å². The Morgan fingerprint density at radius 2 is 2.00 bits per heavy atom. The van der Waals surface area contributed by atoms with E-state index >= 15 is 0 Å². The summed E-state index contributed by atoms with van der Waals surface area (Å²) in [6.45, 7) is 3.02. The van der Waals surface area contributed by atoms with Crippen LogP contribution in [-0.2, 0) is 19.5 Å². The number of hydrogen-bond acceptors (Lipinski definition) is 0. The summed E-state index contributed by atoms with van der Waals surface area (Å²) in [6.07, 6.45) is 0. The molecule has 0 nitrogen and oxygen atoms in total. The van der Waals surface area contributed by atoms with Crippen molar-refractivity contribution in [3.05, 3.63) is 16.1 Å². The summed E-state index contributed by atoms with van der Waals surface area (Å²) < 4.78 is 10.8. The van der Waals surface area contributed by atoms with Gasteiger partial charge >= 0.3 is 0 Å². The third-order valence-electron chi connectivity index (χ3n) is 0.134. The van der Waals surface area contributed by atoms with Crippen LogP contribution in [0.15, 0.2) is 16.1 Å². The maximum atomic E-state index is 11.2. The summed E-state index contributed by atoms with van der Waals surface area (Å²) in [5.41, 5.74) is 2.01. The second-order valence-corrected chi connectivity index (χ2v) is 1.38. The minimum absolute atomic E-state index is 0. The third kappa shape index (κ3) is 8.84. The molecule has 0 aliphatic heterocycles. The Bertz CT molecular complexity index is 70.9. The zero-order valence-electron chi connectivity index (χ0n) is 3.17. The molecule has 3 heteroatoms. The van der Waals surface area contributed by atoms with Crippen LogP contribution in [0.4, 0.5) is 4.39 Å². The van der Waals surface area contributed by atoms with Gasteiger partial charge in [-0.25, -0.2) is 0 Å². The smallest absolute Gasteiger partial charge is 0.191 e. The largest absolute Gasteiger partial charge is 0.201 e. The molecule has 0 atom stereocenters. The first-order valence-electron chi connectivity index (χ1n) is 0.982. The van der Waals surface area contributed by atoms with Crippen molar-refractivity contribution >= 4 is 22.6 Å². The van der Waals surface area contributed by atoms with E-state index in [2.05, 4.69) is 6.58 Å². The minimum atomic E-state index is -0.386. The van der Waals surface area contributed by atoms with E-state index in [0.717, 1.165) is 0 Å². The second kappa shape index (κ2) is 5.80. The van der Waals surface area contributed by atoms with Crippen LogP contribution in [0.1, 0.15) is 0 Å². The van der Waals surface area contributed by atoms with Crippen LogP contribution in [0.25, 0.3) is 0 Å². The molecule has 0 amide bonds. The predicted molar refractivity (Wildman–Crippen MR) is 27.8 cm³/mol. The Labute approximate surface area is 62.4 Å². The molecule has 0 bridgehead atoms. The van der Waals surface area contributed by atoms with Crippen LogP contribution in [0, 0.1) is 0 Å². The molecule has 0 aromatic carbocycles. The van der Waals surface area contributed by atoms with E-state index in [-0.39, 0.29) is 23.3 Å². The molecule has 0 fully saturated rings. The Balaban J connectivity index is 0. The zero-order chi connectivity index (χ0) is 4.28. The van der Waals surface area contributed by atoms with Gasteiger partial charge in [-0.3, -0.25) is 0 Å². The Hall–Kier alpha value is 0.803. The third-order valence-corrected chi connectivity index (χ3v) is 0.515. The average molecular weight is 249 g/mol. The van der Waals surface area contributed by atoms with Gasteiger partial charge < -0.3 is 0 Å². The molecule has 0 aromatic heterocycles. The first-order chi connectivity index (χ1) is 2.27. The van der Waals surface area contributed by atoms with E-state index in [1.165, 1.54) is 22.6 Å². The summed E-state index contributed by atoms with van der Waals surface area (Å²) in [7, 11) is 0. The van der Waals surface area contributed by atoms with Crippen molar-refractivity contribution in [2.75, 3.05) is 0 Å². The summed E-state index contributed by atoms with van der Waals surface area (Å²) in [5, 5.41) is 0. The van der Waals surface area contributed by atoms with E-state index in [4.69, 9.17) is 0 Å². The summed E-state index contributed by atoms with van der Waals surface area (Å²) in [5.74, 6) is 0. The van der Waals surface area contributed by atoms with E-state index in [9.17, 15) is 4.39 Å². The molecule has 6 heavy (non-hydrogen) atoms. The maximum Gasteiger partial charge on any atom is 0.201 e. The Morgan fingerprint density at radius 1 is 1.83 bits per heavy atom. The van der Waals surface area contributed by atoms with Gasteiger partial charge in [-0.1, -0.05) is 12.3 Å². The SMILES string of the molecule is C=C=C(F)I.[Zn]. The van der Waals surface area contributed by atoms with E-state index in [1.807, 2.05) is 5.73 Å². The van der Waals surface area contributed by atoms with Gasteiger partial charge in [-0.2, -0.15) is 4.39 Å². The molecule has 0 saturated heterocycles. The predicted octanol–water partition coefficient (Wildman–Crippen LogP) is 2.01. The number of rotatable bonds is 0. The number of halogens is 2. The molecule has 0 radical (unpaired) electrons. The van der Waals surface area contributed by atoms with Crippen molar-refractivity contribution in [3.8, 4) is 0 Å². The molecule has 0 unspecified atom stereocenters. The second-order valence-electron chi connectivity index (χ2n) is 0.437. The van der Waals surface area contributed by atoms with Crippen molar-refractivity contribution in [3.63, 3.8) is 0 Å². The van der Waals surface area contributed by atoms with Gasteiger partial charge in [0.1, 0.15) is 0 Å².